The first kappa shape index (κ1) is 65.6. The van der Waals surface area contributed by atoms with E-state index in [-0.39, 0.29) is 35.4 Å². The molecule has 12 N–H and O–H groups in total. The summed E-state index contributed by atoms with van der Waals surface area (Å²) in [5, 5.41) is 131. The number of allylic oxidation sites excluding steroid dienone is 3. The minimum Gasteiger partial charge on any atom is -0.458 e. The minimum atomic E-state index is -1.96. The second kappa shape index (κ2) is 24.7. The van der Waals surface area contributed by atoms with Crippen LogP contribution in [0.4, 0.5) is 0 Å². The maximum absolute atomic E-state index is 14.5. The van der Waals surface area contributed by atoms with Crippen LogP contribution in [-0.2, 0) is 66.4 Å². The van der Waals surface area contributed by atoms with Gasteiger partial charge in [0.05, 0.1) is 50.0 Å². The Balaban J connectivity index is 0.858. The molecule has 0 radical (unpaired) electrons. The summed E-state index contributed by atoms with van der Waals surface area (Å²) in [5.41, 5.74) is -1.29. The lowest BCUT2D eigenvalue weighted by Gasteiger charge is -2.63. The standard InChI is InChI=1S/C59H92O26/c1-24(2)11-10-16-58(8)48-28(62)19-57(7)27-12-13-33-55(4,5)34(15-17-56(33,6)26(27)14-18-59(48,57)54(73)85-58)81-53-47(37(66)32(23-76-53)80-51-40(69)38(67)35(64)30(20-60)78-51)84-50-41(70)39(68)44(25(3)77-50)82-49-42(71)45(29(63)22-75-49)83-52-43(72)46(74-9)36(65)31(21-61)79-52/h14,25,27,29-53,60-61,63-72H,1,10-13,15-23H2,2-9H3. The molecule has 6 aliphatic heterocycles. The molecule has 0 aromatic carbocycles. The normalized spacial score (nSPS) is 52.3. The third-order valence-corrected chi connectivity index (χ3v) is 21.6. The summed E-state index contributed by atoms with van der Waals surface area (Å²) in [6.07, 6.45) is -29.8. The van der Waals surface area contributed by atoms with Crippen molar-refractivity contribution in [3.05, 3.63) is 23.8 Å². The Morgan fingerprint density at radius 2 is 1.27 bits per heavy atom. The second-order valence-electron chi connectivity index (χ2n) is 27.1. The molecule has 10 aliphatic rings. The molecular formula is C59H92O26. The van der Waals surface area contributed by atoms with Crippen LogP contribution in [0.5, 0.6) is 0 Å². The molecule has 0 aromatic rings. The van der Waals surface area contributed by atoms with Gasteiger partial charge in [-0.25, -0.2) is 0 Å². The summed E-state index contributed by atoms with van der Waals surface area (Å²) < 4.78 is 72.1. The lowest BCUT2D eigenvalue weighted by molar-refractivity contribution is -0.390. The van der Waals surface area contributed by atoms with E-state index in [4.69, 9.17) is 56.8 Å². The van der Waals surface area contributed by atoms with E-state index in [2.05, 4.69) is 40.3 Å². The Bertz CT molecular complexity index is 2430. The smallest absolute Gasteiger partial charge is 0.314 e. The maximum atomic E-state index is 14.5. The van der Waals surface area contributed by atoms with Gasteiger partial charge in [0.15, 0.2) is 31.5 Å². The summed E-state index contributed by atoms with van der Waals surface area (Å²) >= 11 is 0. The van der Waals surface area contributed by atoms with Gasteiger partial charge in [0.1, 0.15) is 115 Å². The molecule has 26 heteroatoms. The van der Waals surface area contributed by atoms with Crippen LogP contribution in [0.1, 0.15) is 106 Å². The Morgan fingerprint density at radius 3 is 1.94 bits per heavy atom. The predicted octanol–water partition coefficient (Wildman–Crippen LogP) is -1.75. The number of carbonyl (C=O) groups is 2. The monoisotopic (exact) mass is 1220 g/mol. The van der Waals surface area contributed by atoms with Gasteiger partial charge < -0.3 is 118 Å². The number of cyclic esters (lactones) is 1. The average molecular weight is 1220 g/mol. The summed E-state index contributed by atoms with van der Waals surface area (Å²) in [7, 11) is 1.21. The molecule has 9 fully saturated rings. The Kier molecular flexibility index (Phi) is 19.1. The van der Waals surface area contributed by atoms with Crippen molar-refractivity contribution in [2.45, 2.75) is 259 Å². The highest BCUT2D eigenvalue weighted by molar-refractivity contribution is 5.99. The summed E-state index contributed by atoms with van der Waals surface area (Å²) in [6.45, 7) is 15.7. The quantitative estimate of drug-likeness (QED) is 0.0437. The van der Waals surface area contributed by atoms with E-state index in [0.29, 0.717) is 32.1 Å². The SMILES string of the molecule is C=C(C)CCCC1(C)OC(=O)C23CC=C4C(CCC5C4(C)CCC(OC4OCC(OC6OC(CO)C(O)C(O)C6O)C(O)C4OC4OC(C)C(OC6OCC(O)C(OC7OC(CO)C(O)C(OC)C7O)C6O)C(O)C4O)C5(C)C)C2(C)CC(=O)C13. The highest BCUT2D eigenvalue weighted by Crippen LogP contribution is 2.75. The molecule has 85 heavy (non-hydrogen) atoms. The van der Waals surface area contributed by atoms with Gasteiger partial charge in [0, 0.05) is 13.5 Å². The van der Waals surface area contributed by atoms with Crippen LogP contribution < -0.4 is 0 Å². The van der Waals surface area contributed by atoms with Crippen molar-refractivity contribution >= 4 is 11.8 Å². The van der Waals surface area contributed by atoms with E-state index in [9.17, 15) is 70.9 Å². The van der Waals surface area contributed by atoms with Gasteiger partial charge in [-0.15, -0.1) is 6.58 Å². The number of methoxy groups -OCH3 is 1. The number of esters is 1. The van der Waals surface area contributed by atoms with Gasteiger partial charge in [0.2, 0.25) is 0 Å². The molecule has 6 saturated heterocycles. The first-order chi connectivity index (χ1) is 40.0. The van der Waals surface area contributed by atoms with Crippen LogP contribution in [0.2, 0.25) is 0 Å². The van der Waals surface area contributed by atoms with Crippen molar-refractivity contribution in [2.24, 2.45) is 39.4 Å². The summed E-state index contributed by atoms with van der Waals surface area (Å²) in [5.74, 6) is -0.827. The van der Waals surface area contributed by atoms with Crippen LogP contribution in [0, 0.1) is 39.4 Å². The highest BCUT2D eigenvalue weighted by atomic mass is 16.8. The number of fused-ring (bicyclic) bond motifs is 4. The van der Waals surface area contributed by atoms with Crippen molar-refractivity contribution < 1.29 is 128 Å². The van der Waals surface area contributed by atoms with E-state index >= 15 is 0 Å². The zero-order valence-electron chi connectivity index (χ0n) is 49.6. The predicted molar refractivity (Wildman–Crippen MR) is 287 cm³/mol. The molecule has 484 valence electrons. The Hall–Kier alpha value is -2.30. The van der Waals surface area contributed by atoms with Gasteiger partial charge in [-0.2, -0.15) is 0 Å². The number of aliphatic hydroxyl groups is 12. The number of ether oxygens (including phenoxy) is 12. The zero-order valence-corrected chi connectivity index (χ0v) is 49.6. The van der Waals surface area contributed by atoms with Gasteiger partial charge in [-0.05, 0) is 100 Å². The van der Waals surface area contributed by atoms with Crippen LogP contribution in [0.3, 0.4) is 0 Å². The number of aliphatic hydroxyl groups excluding tert-OH is 12. The molecule has 31 unspecified atom stereocenters. The van der Waals surface area contributed by atoms with Gasteiger partial charge in [-0.1, -0.05) is 44.9 Å². The van der Waals surface area contributed by atoms with Crippen LogP contribution in [0.15, 0.2) is 23.8 Å². The van der Waals surface area contributed by atoms with E-state index < -0.39 is 202 Å². The van der Waals surface area contributed by atoms with E-state index in [1.807, 2.05) is 13.8 Å². The number of rotatable bonds is 17. The Morgan fingerprint density at radius 1 is 0.659 bits per heavy atom. The van der Waals surface area contributed by atoms with Crippen LogP contribution in [-0.4, -0.2) is 260 Å². The zero-order chi connectivity index (χ0) is 61.8. The number of ketones is 1. The molecule has 3 saturated carbocycles. The number of Topliss-reactive ketones (excluding diaryl/α,β-unsaturated/α-hetero) is 1. The third kappa shape index (κ3) is 11.1. The second-order valence-corrected chi connectivity index (χ2v) is 27.1. The average Bonchev–Trinajstić information content (AvgIpc) is 1.54. The van der Waals surface area contributed by atoms with E-state index in [1.54, 1.807) is 0 Å². The molecule has 31 atom stereocenters. The van der Waals surface area contributed by atoms with Crippen molar-refractivity contribution in [3.8, 4) is 0 Å². The fourth-order valence-corrected chi connectivity index (χ4v) is 17.0. The number of hydrogen-bond acceptors (Lipinski definition) is 26. The molecule has 0 bridgehead atoms. The summed E-state index contributed by atoms with van der Waals surface area (Å²) in [4.78, 5) is 28.9. The Labute approximate surface area is 494 Å². The van der Waals surface area contributed by atoms with Gasteiger partial charge in [-0.3, -0.25) is 9.59 Å². The minimum absolute atomic E-state index is 0.000864. The van der Waals surface area contributed by atoms with Gasteiger partial charge >= 0.3 is 5.97 Å². The van der Waals surface area contributed by atoms with E-state index in [0.717, 1.165) is 24.8 Å². The first-order valence-corrected chi connectivity index (χ1v) is 30.2. The van der Waals surface area contributed by atoms with Gasteiger partial charge in [0.25, 0.3) is 0 Å². The molecule has 4 aliphatic carbocycles. The third-order valence-electron chi connectivity index (χ3n) is 21.6. The maximum Gasteiger partial charge on any atom is 0.314 e. The molecule has 1 spiro atoms. The largest absolute Gasteiger partial charge is 0.458 e. The topological polar surface area (TPSA) is 388 Å². The van der Waals surface area contributed by atoms with Crippen molar-refractivity contribution in [3.63, 3.8) is 0 Å². The fraction of sp³-hybridized carbons (Fsp3) is 0.898. The van der Waals surface area contributed by atoms with E-state index in [1.165, 1.54) is 19.6 Å². The molecule has 10 rings (SSSR count). The summed E-state index contributed by atoms with van der Waals surface area (Å²) in [6, 6.07) is 0. The van der Waals surface area contributed by atoms with Crippen molar-refractivity contribution in [1.82, 2.24) is 0 Å². The van der Waals surface area contributed by atoms with Crippen LogP contribution >= 0.6 is 0 Å². The molecule has 0 aromatic heterocycles. The first-order valence-electron chi connectivity index (χ1n) is 30.2. The fourth-order valence-electron chi connectivity index (χ4n) is 17.0. The molecule has 0 amide bonds. The molecule has 6 heterocycles. The lowest BCUT2D eigenvalue weighted by Crippen LogP contribution is -2.66. The number of hydrogen-bond donors (Lipinski definition) is 12. The molecular weight excluding hydrogens is 1120 g/mol. The lowest BCUT2D eigenvalue weighted by atomic mass is 9.41. The van der Waals surface area contributed by atoms with Crippen LogP contribution in [0.25, 0.3) is 0 Å². The number of carbonyl (C=O) groups excluding carboxylic acids is 2. The molecule has 26 nitrogen and oxygen atoms in total. The van der Waals surface area contributed by atoms with Crippen molar-refractivity contribution in [2.75, 3.05) is 33.5 Å². The highest BCUT2D eigenvalue weighted by Gasteiger charge is 2.79. The van der Waals surface area contributed by atoms with Crippen molar-refractivity contribution in [1.29, 1.82) is 0 Å².